The second kappa shape index (κ2) is 7.82. The van der Waals surface area contributed by atoms with Crippen molar-refractivity contribution in [3.8, 4) is 0 Å². The molecular formula is C20H19FN4O2. The van der Waals surface area contributed by atoms with Crippen molar-refractivity contribution in [2.75, 3.05) is 10.6 Å². The number of hydrogen-bond acceptors (Lipinski definition) is 4. The summed E-state index contributed by atoms with van der Waals surface area (Å²) in [6.45, 7) is 3.41. The van der Waals surface area contributed by atoms with Gasteiger partial charge in [0.05, 0.1) is 0 Å². The van der Waals surface area contributed by atoms with Gasteiger partial charge in [-0.3, -0.25) is 14.2 Å². The Bertz CT molecular complexity index is 1030. The zero-order chi connectivity index (χ0) is 19.4. The van der Waals surface area contributed by atoms with Crippen molar-refractivity contribution < 1.29 is 9.18 Å². The van der Waals surface area contributed by atoms with E-state index < -0.39 is 0 Å². The molecule has 7 heteroatoms. The predicted molar refractivity (Wildman–Crippen MR) is 103 cm³/mol. The average Bonchev–Trinajstić information content (AvgIpc) is 2.60. The number of aromatic nitrogens is 2. The molecule has 1 aromatic heterocycles. The van der Waals surface area contributed by atoms with Gasteiger partial charge in [0.25, 0.3) is 5.56 Å². The van der Waals surface area contributed by atoms with Gasteiger partial charge in [0.15, 0.2) is 0 Å². The zero-order valence-electron chi connectivity index (χ0n) is 15.0. The molecule has 6 nitrogen and oxygen atoms in total. The van der Waals surface area contributed by atoms with Gasteiger partial charge < -0.3 is 10.6 Å². The van der Waals surface area contributed by atoms with Gasteiger partial charge >= 0.3 is 0 Å². The summed E-state index contributed by atoms with van der Waals surface area (Å²) < 4.78 is 14.3. The molecule has 2 N–H and O–H groups in total. The summed E-state index contributed by atoms with van der Waals surface area (Å²) in [6, 6.07) is 14.4. The number of rotatable bonds is 5. The second-order valence-corrected chi connectivity index (χ2v) is 6.20. The van der Waals surface area contributed by atoms with Crippen LogP contribution >= 0.6 is 0 Å². The van der Waals surface area contributed by atoms with E-state index in [1.165, 1.54) is 34.9 Å². The highest BCUT2D eigenvalue weighted by molar-refractivity contribution is 5.90. The van der Waals surface area contributed by atoms with Crippen molar-refractivity contribution in [2.45, 2.75) is 20.4 Å². The number of nitrogens with zero attached hydrogens (tertiary/aromatic N) is 2. The van der Waals surface area contributed by atoms with Gasteiger partial charge in [0, 0.05) is 23.1 Å². The van der Waals surface area contributed by atoms with E-state index in [4.69, 9.17) is 0 Å². The summed E-state index contributed by atoms with van der Waals surface area (Å²) in [7, 11) is 0. The average molecular weight is 366 g/mol. The summed E-state index contributed by atoms with van der Waals surface area (Å²) in [5.41, 5.74) is 2.38. The Labute approximate surface area is 155 Å². The Hall–Kier alpha value is -3.48. The Balaban J connectivity index is 1.84. The van der Waals surface area contributed by atoms with Crippen molar-refractivity contribution in [1.82, 2.24) is 9.55 Å². The maximum absolute atomic E-state index is 13.1. The van der Waals surface area contributed by atoms with Crippen LogP contribution in [0.3, 0.4) is 0 Å². The fourth-order valence-electron chi connectivity index (χ4n) is 2.60. The minimum atomic E-state index is -0.368. The van der Waals surface area contributed by atoms with Crippen LogP contribution in [0.25, 0.3) is 0 Å². The number of aryl methyl sites for hydroxylation is 2. The minimum Gasteiger partial charge on any atom is -0.326 e. The van der Waals surface area contributed by atoms with Gasteiger partial charge in [0.1, 0.15) is 12.4 Å². The maximum Gasteiger partial charge on any atom is 0.255 e. The molecule has 2 aromatic carbocycles. The number of benzene rings is 2. The SMILES string of the molecule is Cc1cccc(NC(=O)Cn2c(Nc3ccc(F)cc3)nc(C)cc2=O)c1. The van der Waals surface area contributed by atoms with E-state index in [0.29, 0.717) is 17.1 Å². The lowest BCUT2D eigenvalue weighted by Gasteiger charge is -2.14. The Kier molecular flexibility index (Phi) is 5.30. The molecule has 0 saturated heterocycles. The molecule has 138 valence electrons. The van der Waals surface area contributed by atoms with Crippen molar-refractivity contribution in [2.24, 2.45) is 0 Å². The number of amides is 1. The number of carbonyl (C=O) groups excluding carboxylic acids is 1. The molecule has 1 amide bonds. The fraction of sp³-hybridized carbons (Fsp3) is 0.150. The van der Waals surface area contributed by atoms with Crippen LogP contribution < -0.4 is 16.2 Å². The largest absolute Gasteiger partial charge is 0.326 e. The van der Waals surface area contributed by atoms with Gasteiger partial charge in [-0.2, -0.15) is 0 Å². The quantitative estimate of drug-likeness (QED) is 0.726. The lowest BCUT2D eigenvalue weighted by Crippen LogP contribution is -2.30. The highest BCUT2D eigenvalue weighted by Gasteiger charge is 2.12. The smallest absolute Gasteiger partial charge is 0.255 e. The first-order chi connectivity index (χ1) is 12.9. The first-order valence-corrected chi connectivity index (χ1v) is 8.38. The van der Waals surface area contributed by atoms with Crippen molar-refractivity contribution in [3.05, 3.63) is 82.0 Å². The molecular weight excluding hydrogens is 347 g/mol. The second-order valence-electron chi connectivity index (χ2n) is 6.20. The summed E-state index contributed by atoms with van der Waals surface area (Å²) in [4.78, 5) is 29.1. The van der Waals surface area contributed by atoms with Crippen LogP contribution in [0.1, 0.15) is 11.3 Å². The Morgan fingerprint density at radius 2 is 1.81 bits per heavy atom. The summed E-state index contributed by atoms with van der Waals surface area (Å²) in [5, 5.41) is 5.73. The van der Waals surface area contributed by atoms with Crippen LogP contribution in [-0.2, 0) is 11.3 Å². The van der Waals surface area contributed by atoms with E-state index in [2.05, 4.69) is 15.6 Å². The molecule has 0 radical (unpaired) electrons. The summed E-state index contributed by atoms with van der Waals surface area (Å²) in [5.74, 6) is -0.505. The van der Waals surface area contributed by atoms with Crippen molar-refractivity contribution in [3.63, 3.8) is 0 Å². The highest BCUT2D eigenvalue weighted by atomic mass is 19.1. The van der Waals surface area contributed by atoms with Gasteiger partial charge in [-0.15, -0.1) is 0 Å². The molecule has 0 unspecified atom stereocenters. The topological polar surface area (TPSA) is 76.0 Å². The molecule has 0 bridgehead atoms. The van der Waals surface area contributed by atoms with Crippen LogP contribution in [0, 0.1) is 19.7 Å². The molecule has 3 rings (SSSR count). The van der Waals surface area contributed by atoms with Crippen LogP contribution in [0.15, 0.2) is 59.4 Å². The molecule has 0 aliphatic rings. The van der Waals surface area contributed by atoms with E-state index in [0.717, 1.165) is 5.56 Å². The van der Waals surface area contributed by atoms with Gasteiger partial charge in [-0.1, -0.05) is 12.1 Å². The molecule has 0 spiro atoms. The third-order valence-corrected chi connectivity index (χ3v) is 3.84. The summed E-state index contributed by atoms with van der Waals surface area (Å²) >= 11 is 0. The normalized spacial score (nSPS) is 10.5. The van der Waals surface area contributed by atoms with Crippen LogP contribution in [0.2, 0.25) is 0 Å². The predicted octanol–water partition coefficient (Wildman–Crippen LogP) is 3.38. The van der Waals surface area contributed by atoms with Crippen LogP contribution in [0.5, 0.6) is 0 Å². The number of hydrogen-bond donors (Lipinski definition) is 2. The van der Waals surface area contributed by atoms with Gasteiger partial charge in [-0.05, 0) is 55.8 Å². The Morgan fingerprint density at radius 3 is 2.52 bits per heavy atom. The standard InChI is InChI=1S/C20H19FN4O2/c1-13-4-3-5-17(10-13)23-18(26)12-25-19(27)11-14(2)22-20(25)24-16-8-6-15(21)7-9-16/h3-11H,12H2,1-2H3,(H,22,24)(H,23,26). The first-order valence-electron chi connectivity index (χ1n) is 8.38. The lowest BCUT2D eigenvalue weighted by atomic mass is 10.2. The van der Waals surface area contributed by atoms with E-state index in [1.54, 1.807) is 13.0 Å². The molecule has 0 aliphatic carbocycles. The Morgan fingerprint density at radius 1 is 1.07 bits per heavy atom. The van der Waals surface area contributed by atoms with Crippen molar-refractivity contribution >= 4 is 23.2 Å². The maximum atomic E-state index is 13.1. The molecule has 27 heavy (non-hydrogen) atoms. The number of nitrogens with one attached hydrogen (secondary N) is 2. The van der Waals surface area contributed by atoms with Crippen molar-refractivity contribution in [1.29, 1.82) is 0 Å². The van der Waals surface area contributed by atoms with E-state index in [-0.39, 0.29) is 29.8 Å². The third kappa shape index (κ3) is 4.78. The van der Waals surface area contributed by atoms with E-state index in [9.17, 15) is 14.0 Å². The number of halogens is 1. The molecule has 3 aromatic rings. The molecule has 1 heterocycles. The monoisotopic (exact) mass is 366 g/mol. The zero-order valence-corrected chi connectivity index (χ0v) is 15.0. The lowest BCUT2D eigenvalue weighted by molar-refractivity contribution is -0.116. The molecule has 0 saturated carbocycles. The van der Waals surface area contributed by atoms with Crippen LogP contribution in [0.4, 0.5) is 21.7 Å². The molecule has 0 fully saturated rings. The molecule has 0 atom stereocenters. The highest BCUT2D eigenvalue weighted by Crippen LogP contribution is 2.15. The van der Waals surface area contributed by atoms with E-state index in [1.807, 2.05) is 25.1 Å². The summed E-state index contributed by atoms with van der Waals surface area (Å²) in [6.07, 6.45) is 0. The first kappa shape index (κ1) is 18.3. The van der Waals surface area contributed by atoms with Gasteiger partial charge in [-0.25, -0.2) is 9.37 Å². The number of carbonyl (C=O) groups is 1. The fourth-order valence-corrected chi connectivity index (χ4v) is 2.60. The van der Waals surface area contributed by atoms with E-state index >= 15 is 0 Å². The molecule has 0 aliphatic heterocycles. The number of anilines is 3. The van der Waals surface area contributed by atoms with Gasteiger partial charge in [0.2, 0.25) is 11.9 Å². The minimum absolute atomic E-state index is 0.205. The van der Waals surface area contributed by atoms with Crippen LogP contribution in [-0.4, -0.2) is 15.5 Å². The third-order valence-electron chi connectivity index (χ3n) is 3.84.